The van der Waals surface area contributed by atoms with Crippen LogP contribution in [-0.2, 0) is 16.6 Å². The Bertz CT molecular complexity index is 768. The van der Waals surface area contributed by atoms with Gasteiger partial charge in [0, 0.05) is 25.2 Å². The topological polar surface area (TPSA) is 41.9 Å². The maximum absolute atomic E-state index is 10.6. The highest BCUT2D eigenvalue weighted by Crippen LogP contribution is 2.58. The van der Waals surface area contributed by atoms with Gasteiger partial charge in [-0.2, -0.15) is 0 Å². The molecule has 1 saturated carbocycles. The quantitative estimate of drug-likeness (QED) is 0.697. The lowest BCUT2D eigenvalue weighted by molar-refractivity contribution is 0.00448. The Morgan fingerprint density at radius 3 is 2.61 bits per heavy atom. The average molecular weight is 430 g/mol. The van der Waals surface area contributed by atoms with Crippen molar-refractivity contribution in [2.45, 2.75) is 84.2 Å². The number of hydrogen-bond acceptors (Lipinski definition) is 4. The number of benzene rings is 1. The molecule has 4 heteroatoms. The van der Waals surface area contributed by atoms with Crippen LogP contribution < -0.4 is 4.74 Å². The molecule has 0 spiro atoms. The fourth-order valence-corrected chi connectivity index (χ4v) is 6.97. The Labute approximate surface area is 189 Å². The summed E-state index contributed by atoms with van der Waals surface area (Å²) in [6, 6.07) is 4.56. The number of ether oxygens (including phenoxy) is 2. The summed E-state index contributed by atoms with van der Waals surface area (Å²) in [4.78, 5) is 2.26. The zero-order valence-corrected chi connectivity index (χ0v) is 20.4. The van der Waals surface area contributed by atoms with Crippen LogP contribution in [0.5, 0.6) is 5.75 Å². The van der Waals surface area contributed by atoms with Crippen LogP contribution in [0.1, 0.15) is 82.9 Å². The third kappa shape index (κ3) is 4.54. The third-order valence-corrected chi connectivity index (χ3v) is 8.43. The smallest absolute Gasteiger partial charge is 0.123 e. The molecule has 0 bridgehead atoms. The van der Waals surface area contributed by atoms with Crippen LogP contribution >= 0.6 is 0 Å². The van der Waals surface area contributed by atoms with Crippen molar-refractivity contribution in [3.05, 3.63) is 28.8 Å². The van der Waals surface area contributed by atoms with Gasteiger partial charge in [0.15, 0.2) is 0 Å². The first-order valence-electron chi connectivity index (χ1n) is 12.5. The lowest BCUT2D eigenvalue weighted by Crippen LogP contribution is -2.48. The van der Waals surface area contributed by atoms with Crippen molar-refractivity contribution in [1.82, 2.24) is 4.90 Å². The second-order valence-corrected chi connectivity index (χ2v) is 11.4. The van der Waals surface area contributed by atoms with Gasteiger partial charge in [-0.05, 0) is 65.5 Å². The van der Waals surface area contributed by atoms with E-state index in [0.29, 0.717) is 24.5 Å². The average Bonchev–Trinajstić information content (AvgIpc) is 2.71. The molecule has 0 aromatic heterocycles. The minimum atomic E-state index is -0.477. The van der Waals surface area contributed by atoms with Crippen molar-refractivity contribution in [2.24, 2.45) is 11.3 Å². The van der Waals surface area contributed by atoms with Crippen LogP contribution in [-0.4, -0.2) is 55.6 Å². The third-order valence-electron chi connectivity index (χ3n) is 8.43. The maximum Gasteiger partial charge on any atom is 0.123 e. The monoisotopic (exact) mass is 429 g/mol. The van der Waals surface area contributed by atoms with Gasteiger partial charge in [0.25, 0.3) is 0 Å². The van der Waals surface area contributed by atoms with Crippen LogP contribution in [0.25, 0.3) is 0 Å². The molecule has 3 atom stereocenters. The summed E-state index contributed by atoms with van der Waals surface area (Å²) in [6.07, 6.45) is 5.92. The fraction of sp³-hybridized carbons (Fsp3) is 0.778. The van der Waals surface area contributed by atoms with Gasteiger partial charge in [-0.25, -0.2) is 0 Å². The predicted octanol–water partition coefficient (Wildman–Crippen LogP) is 4.91. The molecule has 1 unspecified atom stereocenters. The Morgan fingerprint density at radius 1 is 1.16 bits per heavy atom. The predicted molar refractivity (Wildman–Crippen MR) is 126 cm³/mol. The molecule has 1 aromatic rings. The summed E-state index contributed by atoms with van der Waals surface area (Å²) in [5.74, 6) is 2.15. The first-order valence-corrected chi connectivity index (χ1v) is 12.5. The van der Waals surface area contributed by atoms with E-state index in [1.54, 1.807) is 5.56 Å². The van der Waals surface area contributed by atoms with Crippen LogP contribution in [0.2, 0.25) is 0 Å². The minimum Gasteiger partial charge on any atom is -0.491 e. The summed E-state index contributed by atoms with van der Waals surface area (Å²) in [6.45, 7) is 16.4. The number of fused-ring (bicyclic) bond motifs is 3. The van der Waals surface area contributed by atoms with E-state index in [1.807, 2.05) is 0 Å². The van der Waals surface area contributed by atoms with Crippen molar-refractivity contribution >= 4 is 0 Å². The van der Waals surface area contributed by atoms with Gasteiger partial charge >= 0.3 is 0 Å². The molecule has 4 nitrogen and oxygen atoms in total. The van der Waals surface area contributed by atoms with Crippen LogP contribution in [0, 0.1) is 11.3 Å². The minimum absolute atomic E-state index is 0.271. The molecule has 31 heavy (non-hydrogen) atoms. The molecule has 4 rings (SSSR count). The molecule has 1 heterocycles. The molecular formula is C27H43NO3. The Morgan fingerprint density at radius 2 is 1.90 bits per heavy atom. The first kappa shape index (κ1) is 23.1. The Kier molecular flexibility index (Phi) is 6.72. The standard InChI is InChI=1S/C27H43NO3/c1-19(2)25-21-7-10-24-26(3,4)11-6-12-27(24,5)22(21)8-9-23(25)31-18-20(29)17-28-13-15-30-16-14-28/h8-9,19-20,24,29H,6-7,10-18H2,1-5H3/t20?,24-,27+/m0/s1. The van der Waals surface area contributed by atoms with E-state index in [1.165, 1.54) is 36.8 Å². The number of aliphatic hydroxyl groups is 1. The highest BCUT2D eigenvalue weighted by Gasteiger charge is 2.50. The second kappa shape index (κ2) is 9.03. The number of rotatable bonds is 6. The Hall–Kier alpha value is -1.10. The van der Waals surface area contributed by atoms with Gasteiger partial charge < -0.3 is 14.6 Å². The molecule has 1 saturated heterocycles. The second-order valence-electron chi connectivity index (χ2n) is 11.4. The zero-order valence-electron chi connectivity index (χ0n) is 20.4. The molecule has 3 aliphatic rings. The molecular weight excluding hydrogens is 386 g/mol. The lowest BCUT2D eigenvalue weighted by Gasteiger charge is -2.54. The first-order chi connectivity index (χ1) is 14.7. The van der Waals surface area contributed by atoms with E-state index in [2.05, 4.69) is 51.7 Å². The highest BCUT2D eigenvalue weighted by molar-refractivity contribution is 5.51. The molecule has 1 N–H and O–H groups in total. The van der Waals surface area contributed by atoms with Gasteiger partial charge in [-0.1, -0.05) is 47.1 Å². The van der Waals surface area contributed by atoms with E-state index in [9.17, 15) is 5.11 Å². The van der Waals surface area contributed by atoms with Gasteiger partial charge in [0.2, 0.25) is 0 Å². The van der Waals surface area contributed by atoms with Gasteiger partial charge in [0.1, 0.15) is 18.5 Å². The van der Waals surface area contributed by atoms with Gasteiger partial charge in [-0.15, -0.1) is 0 Å². The summed E-state index contributed by atoms with van der Waals surface area (Å²) in [5.41, 5.74) is 5.17. The van der Waals surface area contributed by atoms with Crippen LogP contribution in [0.4, 0.5) is 0 Å². The maximum atomic E-state index is 10.6. The van der Waals surface area contributed by atoms with E-state index >= 15 is 0 Å². The van der Waals surface area contributed by atoms with Gasteiger partial charge in [-0.3, -0.25) is 4.90 Å². The van der Waals surface area contributed by atoms with Crippen LogP contribution in [0.3, 0.4) is 0 Å². The number of morpholine rings is 1. The van der Waals surface area contributed by atoms with Crippen molar-refractivity contribution in [1.29, 1.82) is 0 Å². The number of nitrogens with zero attached hydrogens (tertiary/aromatic N) is 1. The fourth-order valence-electron chi connectivity index (χ4n) is 6.97. The van der Waals surface area contributed by atoms with Crippen molar-refractivity contribution in [3.8, 4) is 5.75 Å². The molecule has 0 radical (unpaired) electrons. The summed E-state index contributed by atoms with van der Waals surface area (Å²) >= 11 is 0. The van der Waals surface area contributed by atoms with Crippen LogP contribution in [0.15, 0.2) is 12.1 Å². The molecule has 174 valence electrons. The summed E-state index contributed by atoms with van der Waals surface area (Å²) in [7, 11) is 0. The summed E-state index contributed by atoms with van der Waals surface area (Å²) < 4.78 is 11.7. The largest absolute Gasteiger partial charge is 0.491 e. The molecule has 1 aliphatic heterocycles. The number of aliphatic hydroxyl groups excluding tert-OH is 1. The zero-order chi connectivity index (χ0) is 22.2. The Balaban J connectivity index is 1.54. The normalized spacial score (nSPS) is 29.3. The van der Waals surface area contributed by atoms with Crippen molar-refractivity contribution in [2.75, 3.05) is 39.5 Å². The number of β-amino-alcohol motifs (C(OH)–C–C–N with tert-alkyl or cyclic N) is 1. The summed E-state index contributed by atoms with van der Waals surface area (Å²) in [5, 5.41) is 10.6. The number of hydrogen-bond donors (Lipinski definition) is 1. The van der Waals surface area contributed by atoms with Gasteiger partial charge in [0.05, 0.1) is 13.2 Å². The molecule has 2 aliphatic carbocycles. The highest BCUT2D eigenvalue weighted by atomic mass is 16.5. The molecule has 1 aromatic carbocycles. The molecule has 0 amide bonds. The SMILES string of the molecule is CC(C)c1c(OCC(O)CN2CCOCC2)ccc2c1CC[C@H]1C(C)(C)CCC[C@]21C. The lowest BCUT2D eigenvalue weighted by atomic mass is 9.50. The van der Waals surface area contributed by atoms with E-state index < -0.39 is 6.10 Å². The van der Waals surface area contributed by atoms with Crippen molar-refractivity contribution in [3.63, 3.8) is 0 Å². The molecule has 2 fully saturated rings. The van der Waals surface area contributed by atoms with E-state index in [0.717, 1.165) is 44.4 Å². The van der Waals surface area contributed by atoms with Crippen molar-refractivity contribution < 1.29 is 14.6 Å². The van der Waals surface area contributed by atoms with E-state index in [-0.39, 0.29) is 5.41 Å². The van der Waals surface area contributed by atoms with E-state index in [4.69, 9.17) is 9.47 Å².